The van der Waals surface area contributed by atoms with Crippen molar-refractivity contribution in [2.75, 3.05) is 26.4 Å². The van der Waals surface area contributed by atoms with Crippen LogP contribution in [0.15, 0.2) is 93.7 Å². The van der Waals surface area contributed by atoms with Crippen LogP contribution in [0.3, 0.4) is 0 Å². The van der Waals surface area contributed by atoms with Gasteiger partial charge in [-0.1, -0.05) is 11.8 Å². The van der Waals surface area contributed by atoms with Crippen molar-refractivity contribution in [1.82, 2.24) is 15.0 Å². The van der Waals surface area contributed by atoms with Crippen LogP contribution in [0.4, 0.5) is 4.39 Å². The zero-order chi connectivity index (χ0) is 38.5. The number of amidine groups is 2. The molecule has 4 aliphatic rings. The highest BCUT2D eigenvalue weighted by atomic mass is 127. The van der Waals surface area contributed by atoms with E-state index in [1.807, 2.05) is 42.5 Å². The number of halogens is 3. The second kappa shape index (κ2) is 14.3. The van der Waals surface area contributed by atoms with Gasteiger partial charge in [0, 0.05) is 65.9 Å². The molecule has 14 heteroatoms. The van der Waals surface area contributed by atoms with E-state index in [2.05, 4.69) is 92.2 Å². The Morgan fingerprint density at radius 3 is 2.00 bits per heavy atom. The smallest absolute Gasteiger partial charge is 0.225 e. The molecule has 4 aliphatic heterocycles. The van der Waals surface area contributed by atoms with Crippen molar-refractivity contribution >= 4 is 50.2 Å². The van der Waals surface area contributed by atoms with Crippen molar-refractivity contribution in [2.24, 2.45) is 26.9 Å². The van der Waals surface area contributed by atoms with Gasteiger partial charge in [0.1, 0.15) is 47.5 Å². The highest BCUT2D eigenvalue weighted by Gasteiger charge is 2.47. The molecule has 5 aromatic rings. The van der Waals surface area contributed by atoms with Crippen molar-refractivity contribution in [3.63, 3.8) is 0 Å². The number of ether oxygens (including phenoxy) is 4. The van der Waals surface area contributed by atoms with Crippen molar-refractivity contribution in [2.45, 2.75) is 31.8 Å². The first-order chi connectivity index (χ1) is 26.3. The molecule has 11 nitrogen and oxygen atoms in total. The second-order valence-corrected chi connectivity index (χ2v) is 16.6. The van der Waals surface area contributed by atoms with Crippen molar-refractivity contribution in [3.05, 3.63) is 121 Å². The molecule has 3 aromatic heterocycles. The average molecular weight is 915 g/mol. The van der Waals surface area contributed by atoms with Crippen LogP contribution in [0, 0.1) is 26.8 Å². The van der Waals surface area contributed by atoms with Crippen LogP contribution >= 0.6 is 38.5 Å². The number of pyridine rings is 3. The lowest BCUT2D eigenvalue weighted by molar-refractivity contribution is 0.109. The molecule has 0 fully saturated rings. The zero-order valence-electron chi connectivity index (χ0n) is 30.0. The van der Waals surface area contributed by atoms with Crippen LogP contribution in [0.25, 0.3) is 11.1 Å². The predicted octanol–water partition coefficient (Wildman–Crippen LogP) is 7.60. The molecular formula is C41H34BrFIN7O4. The van der Waals surface area contributed by atoms with Crippen LogP contribution in [0.2, 0.25) is 0 Å². The number of fused-ring (bicyclic) bond motifs is 8. The van der Waals surface area contributed by atoms with Gasteiger partial charge in [0.05, 0.1) is 18.8 Å². The Labute approximate surface area is 339 Å². The molecular weight excluding hydrogens is 880 g/mol. The Balaban J connectivity index is 0.000000168. The summed E-state index contributed by atoms with van der Waals surface area (Å²) < 4.78 is 39.4. The third-order valence-electron chi connectivity index (χ3n) is 9.22. The molecule has 7 heterocycles. The lowest BCUT2D eigenvalue weighted by Crippen LogP contribution is -2.42. The fourth-order valence-electron chi connectivity index (χ4n) is 6.84. The molecule has 0 saturated carbocycles. The van der Waals surface area contributed by atoms with Crippen LogP contribution in [0.5, 0.6) is 23.3 Å². The number of rotatable bonds is 1. The summed E-state index contributed by atoms with van der Waals surface area (Å²) in [6, 6.07) is 18.7. The number of aromatic nitrogens is 3. The second-order valence-electron chi connectivity index (χ2n) is 14.4. The topological polar surface area (TPSA) is 152 Å². The molecule has 2 aromatic carbocycles. The SMILES string of the molecule is CC(C)(C)C#Cc1ccc2c(c1)[C@@]1(COCC(N)=N1)c1cc(-c3ccnc(F)c3)cnc1O2.NC1=N[C@@]2(COC1)c1cc(I)ccc1Oc1ncc(Br)cc12. The third kappa shape index (κ3) is 7.17. The first kappa shape index (κ1) is 37.0. The van der Waals surface area contributed by atoms with Crippen molar-refractivity contribution in [3.8, 4) is 46.2 Å². The van der Waals surface area contributed by atoms with Crippen LogP contribution in [-0.2, 0) is 20.6 Å². The van der Waals surface area contributed by atoms with E-state index in [0.717, 1.165) is 36.0 Å². The Bertz CT molecular complexity index is 2440. The van der Waals surface area contributed by atoms with Crippen LogP contribution < -0.4 is 20.9 Å². The number of nitrogens with zero attached hydrogens (tertiary/aromatic N) is 5. The molecule has 0 aliphatic carbocycles. The van der Waals surface area contributed by atoms with E-state index in [1.165, 1.54) is 12.3 Å². The van der Waals surface area contributed by atoms with Crippen LogP contribution in [0.1, 0.15) is 48.6 Å². The summed E-state index contributed by atoms with van der Waals surface area (Å²) in [5.74, 6) is 9.12. The number of benzene rings is 2. The minimum Gasteiger partial charge on any atom is -0.438 e. The first-order valence-corrected chi connectivity index (χ1v) is 19.1. The van der Waals surface area contributed by atoms with Gasteiger partial charge in [-0.25, -0.2) is 15.0 Å². The molecule has 4 N–H and O–H groups in total. The summed E-state index contributed by atoms with van der Waals surface area (Å²) >= 11 is 5.75. The van der Waals surface area contributed by atoms with Gasteiger partial charge >= 0.3 is 0 Å². The Morgan fingerprint density at radius 2 is 1.36 bits per heavy atom. The minimum absolute atomic E-state index is 0.133. The van der Waals surface area contributed by atoms with E-state index in [-0.39, 0.29) is 18.6 Å². The van der Waals surface area contributed by atoms with E-state index in [1.54, 1.807) is 18.5 Å². The molecule has 2 spiro atoms. The van der Waals surface area contributed by atoms with E-state index in [0.29, 0.717) is 59.1 Å². The maximum Gasteiger partial charge on any atom is 0.225 e. The fourth-order valence-corrected chi connectivity index (χ4v) is 7.67. The maximum absolute atomic E-state index is 13.8. The number of hydrogen-bond acceptors (Lipinski definition) is 11. The number of nitrogens with two attached hydrogens (primary N) is 2. The highest BCUT2D eigenvalue weighted by molar-refractivity contribution is 14.1. The summed E-state index contributed by atoms with van der Waals surface area (Å²) in [6.45, 7) is 7.47. The Kier molecular flexibility index (Phi) is 9.61. The molecule has 0 radical (unpaired) electrons. The average Bonchev–Trinajstić information content (AvgIpc) is 3.15. The minimum atomic E-state index is -0.945. The molecule has 0 bridgehead atoms. The third-order valence-corrected chi connectivity index (χ3v) is 10.3. The maximum atomic E-state index is 13.8. The molecule has 9 rings (SSSR count). The summed E-state index contributed by atoms with van der Waals surface area (Å²) in [7, 11) is 0. The zero-order valence-corrected chi connectivity index (χ0v) is 33.7. The summed E-state index contributed by atoms with van der Waals surface area (Å²) in [5.41, 5.74) is 15.9. The molecule has 0 amide bonds. The van der Waals surface area contributed by atoms with Gasteiger partial charge in [-0.2, -0.15) is 4.39 Å². The summed E-state index contributed by atoms with van der Waals surface area (Å²) in [5, 5.41) is 0. The Hall–Kier alpha value is -4.95. The number of aliphatic imine (C=N–C) groups is 2. The molecule has 278 valence electrons. The van der Waals surface area contributed by atoms with Crippen LogP contribution in [-0.4, -0.2) is 53.1 Å². The molecule has 0 saturated heterocycles. The standard InChI is InChI=1S/C26H23FN4O2.C15H11BrIN3O2/c1-25(2,3)8-6-16-4-5-21-19(10-16)26(15-32-14-23(28)31-26)20-11-18(13-30-24(20)33-21)17-7-9-29-22(27)12-17;16-8-3-11-14(19-5-8)22-12-2-1-9(17)4-10(12)15(11)7-21-6-13(18)20-15/h4-5,7,9-13H,14-15H2,1-3H3,(H2,28,31);1-5H,6-7H2,(H2,18,20)/t26-;15-/m00/s1. The lowest BCUT2D eigenvalue weighted by atomic mass is 9.80. The van der Waals surface area contributed by atoms with Gasteiger partial charge in [-0.05, 0) is 119 Å². The van der Waals surface area contributed by atoms with E-state index in [4.69, 9.17) is 40.4 Å². The number of hydrogen-bond donors (Lipinski definition) is 2. The quantitative estimate of drug-likeness (QED) is 0.0984. The summed E-state index contributed by atoms with van der Waals surface area (Å²) in [4.78, 5) is 22.2. The first-order valence-electron chi connectivity index (χ1n) is 17.3. The molecule has 2 atom stereocenters. The molecule has 55 heavy (non-hydrogen) atoms. The van der Waals surface area contributed by atoms with Gasteiger partial charge in [-0.15, -0.1) is 0 Å². The largest absolute Gasteiger partial charge is 0.438 e. The van der Waals surface area contributed by atoms with Crippen molar-refractivity contribution in [1.29, 1.82) is 0 Å². The molecule has 0 unspecified atom stereocenters. The van der Waals surface area contributed by atoms with Gasteiger partial charge < -0.3 is 30.4 Å². The van der Waals surface area contributed by atoms with Gasteiger partial charge in [0.15, 0.2) is 0 Å². The normalized spacial score (nSPS) is 20.4. The summed E-state index contributed by atoms with van der Waals surface area (Å²) in [6.07, 6.45) is 4.78. The van der Waals surface area contributed by atoms with E-state index in [9.17, 15) is 4.39 Å². The lowest BCUT2D eigenvalue weighted by Gasteiger charge is -2.39. The van der Waals surface area contributed by atoms with E-state index < -0.39 is 17.0 Å². The predicted molar refractivity (Wildman–Crippen MR) is 218 cm³/mol. The van der Waals surface area contributed by atoms with E-state index >= 15 is 0 Å². The van der Waals surface area contributed by atoms with Crippen molar-refractivity contribution < 1.29 is 23.3 Å². The fraction of sp³-hybridized carbons (Fsp3) is 0.244. The van der Waals surface area contributed by atoms with Gasteiger partial charge in [0.25, 0.3) is 0 Å². The van der Waals surface area contributed by atoms with Gasteiger partial charge in [-0.3, -0.25) is 9.98 Å². The highest BCUT2D eigenvalue weighted by Crippen LogP contribution is 2.51. The monoisotopic (exact) mass is 913 g/mol. The Morgan fingerprint density at radius 1 is 0.745 bits per heavy atom. The van der Waals surface area contributed by atoms with Gasteiger partial charge in [0.2, 0.25) is 17.7 Å².